The van der Waals surface area contributed by atoms with Gasteiger partial charge in [-0.25, -0.2) is 0 Å². The molecule has 0 aliphatic heterocycles. The van der Waals surface area contributed by atoms with Crippen molar-refractivity contribution in [2.75, 3.05) is 13.2 Å². The average Bonchev–Trinajstić information content (AvgIpc) is 2.49. The lowest BCUT2D eigenvalue weighted by Crippen LogP contribution is -2.23. The summed E-state index contributed by atoms with van der Waals surface area (Å²) in [5.41, 5.74) is 2.39. The van der Waals surface area contributed by atoms with Crippen LogP contribution in [0.25, 0.3) is 0 Å². The van der Waals surface area contributed by atoms with Crippen LogP contribution in [-0.4, -0.2) is 18.1 Å². The van der Waals surface area contributed by atoms with E-state index >= 15 is 0 Å². The van der Waals surface area contributed by atoms with Crippen LogP contribution < -0.4 is 10.1 Å². The Labute approximate surface area is 140 Å². The summed E-state index contributed by atoms with van der Waals surface area (Å²) in [4.78, 5) is 4.31. The molecule has 0 spiro atoms. The van der Waals surface area contributed by atoms with E-state index in [9.17, 15) is 0 Å². The van der Waals surface area contributed by atoms with Gasteiger partial charge >= 0.3 is 0 Å². The number of halogens is 1. The lowest BCUT2D eigenvalue weighted by Gasteiger charge is -2.20. The first kappa shape index (κ1) is 16.2. The van der Waals surface area contributed by atoms with Crippen molar-refractivity contribution in [1.29, 1.82) is 0 Å². The van der Waals surface area contributed by atoms with Crippen LogP contribution in [0.4, 0.5) is 0 Å². The van der Waals surface area contributed by atoms with E-state index in [1.807, 2.05) is 13.1 Å². The molecule has 1 aromatic carbocycles. The number of ether oxygens (including phenoxy) is 1. The minimum atomic E-state index is 0.146. The Bertz CT molecular complexity index is 574. The van der Waals surface area contributed by atoms with Crippen LogP contribution in [0.1, 0.15) is 37.4 Å². The predicted octanol–water partition coefficient (Wildman–Crippen LogP) is 4.17. The molecule has 21 heavy (non-hydrogen) atoms. The molecule has 0 aliphatic rings. The molecule has 0 fully saturated rings. The molecular formula is C17H21IN2O. The Morgan fingerprint density at radius 2 is 2.05 bits per heavy atom. The summed E-state index contributed by atoms with van der Waals surface area (Å²) < 4.78 is 6.81. The molecule has 1 unspecified atom stereocenters. The monoisotopic (exact) mass is 396 g/mol. The predicted molar refractivity (Wildman–Crippen MR) is 94.7 cm³/mol. The van der Waals surface area contributed by atoms with Gasteiger partial charge < -0.3 is 10.1 Å². The normalized spacial score (nSPS) is 12.1. The van der Waals surface area contributed by atoms with Gasteiger partial charge in [-0.05, 0) is 71.8 Å². The zero-order valence-electron chi connectivity index (χ0n) is 12.5. The molecular weight excluding hydrogens is 375 g/mol. The molecule has 1 heterocycles. The van der Waals surface area contributed by atoms with Crippen LogP contribution in [0.5, 0.6) is 5.75 Å². The summed E-state index contributed by atoms with van der Waals surface area (Å²) >= 11 is 2.35. The minimum Gasteiger partial charge on any atom is -0.492 e. The molecule has 2 rings (SSSR count). The number of nitrogens with zero attached hydrogens (tertiary/aromatic N) is 1. The molecule has 1 aromatic heterocycles. The van der Waals surface area contributed by atoms with E-state index in [2.05, 4.69) is 70.1 Å². The maximum atomic E-state index is 5.57. The standard InChI is InChI=1S/C17H21IN2O/c1-3-8-20-17(13-6-5-7-15(18)9-13)14-10-16(21-4-2)12-19-11-14/h5-7,9-12,17,20H,3-4,8H2,1-2H3. The SMILES string of the molecule is CCCNC(c1cccc(I)c1)c1cncc(OCC)c1. The summed E-state index contributed by atoms with van der Waals surface area (Å²) in [7, 11) is 0. The largest absolute Gasteiger partial charge is 0.492 e. The third-order valence-electron chi connectivity index (χ3n) is 3.16. The van der Waals surface area contributed by atoms with E-state index < -0.39 is 0 Å². The van der Waals surface area contributed by atoms with Gasteiger partial charge in [0.1, 0.15) is 5.75 Å². The first-order valence-corrected chi connectivity index (χ1v) is 8.39. The smallest absolute Gasteiger partial charge is 0.137 e. The van der Waals surface area contributed by atoms with Gasteiger partial charge in [-0.2, -0.15) is 0 Å². The molecule has 0 amide bonds. The second-order valence-electron chi connectivity index (χ2n) is 4.83. The fourth-order valence-corrected chi connectivity index (χ4v) is 2.81. The highest BCUT2D eigenvalue weighted by Gasteiger charge is 2.14. The highest BCUT2D eigenvalue weighted by Crippen LogP contribution is 2.25. The number of rotatable bonds is 7. The van der Waals surface area contributed by atoms with Gasteiger partial charge in [0.05, 0.1) is 18.8 Å². The van der Waals surface area contributed by atoms with Crippen LogP contribution in [-0.2, 0) is 0 Å². The number of benzene rings is 1. The first-order valence-electron chi connectivity index (χ1n) is 7.31. The van der Waals surface area contributed by atoms with Gasteiger partial charge in [-0.15, -0.1) is 0 Å². The molecule has 0 bridgehead atoms. The molecule has 0 aliphatic carbocycles. The molecule has 1 N–H and O–H groups in total. The molecule has 112 valence electrons. The molecule has 0 saturated carbocycles. The van der Waals surface area contributed by atoms with E-state index in [-0.39, 0.29) is 6.04 Å². The van der Waals surface area contributed by atoms with Gasteiger partial charge in [0.2, 0.25) is 0 Å². The maximum Gasteiger partial charge on any atom is 0.137 e. The number of nitrogens with one attached hydrogen (secondary N) is 1. The second-order valence-corrected chi connectivity index (χ2v) is 6.07. The van der Waals surface area contributed by atoms with Crippen molar-refractivity contribution < 1.29 is 4.74 Å². The van der Waals surface area contributed by atoms with Crippen LogP contribution in [0.2, 0.25) is 0 Å². The van der Waals surface area contributed by atoms with E-state index in [0.717, 1.165) is 24.3 Å². The minimum absolute atomic E-state index is 0.146. The summed E-state index contributed by atoms with van der Waals surface area (Å²) in [6.07, 6.45) is 4.77. The summed E-state index contributed by atoms with van der Waals surface area (Å²) in [5, 5.41) is 3.60. The zero-order chi connectivity index (χ0) is 15.1. The lowest BCUT2D eigenvalue weighted by molar-refractivity contribution is 0.338. The summed E-state index contributed by atoms with van der Waals surface area (Å²) in [5.74, 6) is 0.823. The topological polar surface area (TPSA) is 34.2 Å². The highest BCUT2D eigenvalue weighted by atomic mass is 127. The first-order chi connectivity index (χ1) is 10.2. The molecule has 4 heteroatoms. The molecule has 2 aromatic rings. The van der Waals surface area contributed by atoms with Crippen molar-refractivity contribution in [2.24, 2.45) is 0 Å². The van der Waals surface area contributed by atoms with Crippen LogP contribution in [0, 0.1) is 3.57 Å². The quantitative estimate of drug-likeness (QED) is 0.714. The number of hydrogen-bond donors (Lipinski definition) is 1. The van der Waals surface area contributed by atoms with Crippen molar-refractivity contribution in [2.45, 2.75) is 26.3 Å². The average molecular weight is 396 g/mol. The van der Waals surface area contributed by atoms with Crippen molar-refractivity contribution >= 4 is 22.6 Å². The zero-order valence-corrected chi connectivity index (χ0v) is 14.6. The van der Waals surface area contributed by atoms with Gasteiger partial charge in [-0.3, -0.25) is 4.98 Å². The van der Waals surface area contributed by atoms with Gasteiger partial charge in [0, 0.05) is 9.77 Å². The van der Waals surface area contributed by atoms with Crippen molar-refractivity contribution in [3.05, 3.63) is 57.4 Å². The second kappa shape index (κ2) is 8.34. The fourth-order valence-electron chi connectivity index (χ4n) is 2.24. The van der Waals surface area contributed by atoms with Crippen LogP contribution in [0.15, 0.2) is 42.7 Å². The van der Waals surface area contributed by atoms with Gasteiger partial charge in [0.25, 0.3) is 0 Å². The number of hydrogen-bond acceptors (Lipinski definition) is 3. The Kier molecular flexibility index (Phi) is 6.45. The highest BCUT2D eigenvalue weighted by molar-refractivity contribution is 14.1. The molecule has 3 nitrogen and oxygen atoms in total. The summed E-state index contributed by atoms with van der Waals surface area (Å²) in [6.45, 7) is 5.78. The third kappa shape index (κ3) is 4.68. The number of aromatic nitrogens is 1. The molecule has 0 radical (unpaired) electrons. The lowest BCUT2D eigenvalue weighted by atomic mass is 10.00. The van der Waals surface area contributed by atoms with E-state index in [0.29, 0.717) is 6.61 Å². The third-order valence-corrected chi connectivity index (χ3v) is 3.83. The van der Waals surface area contributed by atoms with Crippen molar-refractivity contribution in [3.8, 4) is 5.75 Å². The molecule has 0 saturated heterocycles. The van der Waals surface area contributed by atoms with Crippen molar-refractivity contribution in [1.82, 2.24) is 10.3 Å². The van der Waals surface area contributed by atoms with Gasteiger partial charge in [-0.1, -0.05) is 19.1 Å². The van der Waals surface area contributed by atoms with Gasteiger partial charge in [0.15, 0.2) is 0 Å². The van der Waals surface area contributed by atoms with E-state index in [4.69, 9.17) is 4.74 Å². The summed E-state index contributed by atoms with van der Waals surface area (Å²) in [6, 6.07) is 10.8. The van der Waals surface area contributed by atoms with Crippen LogP contribution in [0.3, 0.4) is 0 Å². The van der Waals surface area contributed by atoms with Crippen LogP contribution >= 0.6 is 22.6 Å². The molecule has 1 atom stereocenters. The Morgan fingerprint density at radius 3 is 2.76 bits per heavy atom. The van der Waals surface area contributed by atoms with E-state index in [1.54, 1.807) is 6.20 Å². The number of pyridine rings is 1. The van der Waals surface area contributed by atoms with Crippen molar-refractivity contribution in [3.63, 3.8) is 0 Å². The Balaban J connectivity index is 2.33. The van der Waals surface area contributed by atoms with E-state index in [1.165, 1.54) is 9.13 Å². The Hall–Kier alpha value is -1.14. The maximum absolute atomic E-state index is 5.57. The fraction of sp³-hybridized carbons (Fsp3) is 0.353. The Morgan fingerprint density at radius 1 is 1.19 bits per heavy atom.